The summed E-state index contributed by atoms with van der Waals surface area (Å²) in [5.74, 6) is 5.93. The average molecular weight is 363 g/mol. The Labute approximate surface area is 160 Å². The number of benzene rings is 1. The third-order valence-electron chi connectivity index (χ3n) is 3.69. The Morgan fingerprint density at radius 2 is 1.89 bits per heavy atom. The number of carbonyl (C=O) groups is 2. The van der Waals surface area contributed by atoms with E-state index in [-0.39, 0.29) is 11.8 Å². The number of carbonyl (C=O) groups excluding carboxylic acids is 2. The Morgan fingerprint density at radius 1 is 1.07 bits per heavy atom. The van der Waals surface area contributed by atoms with Gasteiger partial charge in [-0.15, -0.1) is 0 Å². The Kier molecular flexibility index (Phi) is 7.13. The summed E-state index contributed by atoms with van der Waals surface area (Å²) in [5, 5.41) is 5.70. The molecule has 2 rings (SSSR count). The van der Waals surface area contributed by atoms with Crippen molar-refractivity contribution in [2.75, 3.05) is 11.9 Å². The number of pyridine rings is 1. The predicted octanol–water partition coefficient (Wildman–Crippen LogP) is 3.36. The summed E-state index contributed by atoms with van der Waals surface area (Å²) in [4.78, 5) is 28.0. The van der Waals surface area contributed by atoms with Crippen molar-refractivity contribution in [1.29, 1.82) is 0 Å². The highest BCUT2D eigenvalue weighted by Gasteiger charge is 2.20. The van der Waals surface area contributed by atoms with Crippen molar-refractivity contribution >= 4 is 17.5 Å². The van der Waals surface area contributed by atoms with Crippen molar-refractivity contribution in [3.05, 3.63) is 59.9 Å². The summed E-state index contributed by atoms with van der Waals surface area (Å²) in [6.07, 6.45) is 2.63. The van der Waals surface area contributed by atoms with Crippen LogP contribution in [0.5, 0.6) is 0 Å². The minimum atomic E-state index is -0.418. The molecule has 0 radical (unpaired) electrons. The summed E-state index contributed by atoms with van der Waals surface area (Å²) < 4.78 is 0. The maximum absolute atomic E-state index is 12.1. The van der Waals surface area contributed by atoms with E-state index in [4.69, 9.17) is 0 Å². The smallest absolute Gasteiger partial charge is 0.225 e. The van der Waals surface area contributed by atoms with Crippen LogP contribution in [-0.2, 0) is 9.59 Å². The number of hydrogen-bond acceptors (Lipinski definition) is 3. The third kappa shape index (κ3) is 7.33. The second-order valence-corrected chi connectivity index (χ2v) is 7.20. The van der Waals surface area contributed by atoms with Gasteiger partial charge in [0.25, 0.3) is 0 Å². The minimum absolute atomic E-state index is 0.0120. The van der Waals surface area contributed by atoms with Crippen molar-refractivity contribution < 1.29 is 9.59 Å². The van der Waals surface area contributed by atoms with Crippen LogP contribution >= 0.6 is 0 Å². The number of amides is 2. The van der Waals surface area contributed by atoms with Gasteiger partial charge >= 0.3 is 0 Å². The van der Waals surface area contributed by atoms with Crippen LogP contribution in [0.4, 0.5) is 5.69 Å². The first-order chi connectivity index (χ1) is 12.8. The zero-order valence-corrected chi connectivity index (χ0v) is 16.0. The molecular formula is C22H25N3O2. The van der Waals surface area contributed by atoms with Gasteiger partial charge in [0.2, 0.25) is 11.8 Å². The summed E-state index contributed by atoms with van der Waals surface area (Å²) in [5.41, 5.74) is 1.78. The molecule has 1 aromatic carbocycles. The Morgan fingerprint density at radius 3 is 2.59 bits per heavy atom. The molecular weight excluding hydrogens is 338 g/mol. The number of aromatic nitrogens is 1. The third-order valence-corrected chi connectivity index (χ3v) is 3.69. The molecule has 0 unspecified atom stereocenters. The molecule has 5 heteroatoms. The van der Waals surface area contributed by atoms with Crippen molar-refractivity contribution in [2.45, 2.75) is 33.6 Å². The largest absolute Gasteiger partial charge is 0.356 e. The highest BCUT2D eigenvalue weighted by Crippen LogP contribution is 2.13. The zero-order chi connectivity index (χ0) is 19.7. The molecule has 0 spiro atoms. The molecule has 1 heterocycles. The summed E-state index contributed by atoms with van der Waals surface area (Å²) in [7, 11) is 0. The van der Waals surface area contributed by atoms with Crippen LogP contribution in [0.3, 0.4) is 0 Å². The van der Waals surface area contributed by atoms with Gasteiger partial charge in [0.1, 0.15) is 5.69 Å². The number of nitrogens with one attached hydrogen (secondary N) is 2. The first kappa shape index (κ1) is 20.2. The van der Waals surface area contributed by atoms with E-state index in [1.165, 1.54) is 0 Å². The summed E-state index contributed by atoms with van der Waals surface area (Å²) in [6.45, 7) is 6.06. The molecule has 2 amide bonds. The molecule has 0 fully saturated rings. The molecule has 140 valence electrons. The molecule has 0 aliphatic rings. The predicted molar refractivity (Wildman–Crippen MR) is 107 cm³/mol. The fourth-order valence-electron chi connectivity index (χ4n) is 2.19. The van der Waals surface area contributed by atoms with E-state index in [9.17, 15) is 9.59 Å². The van der Waals surface area contributed by atoms with E-state index < -0.39 is 5.41 Å². The molecule has 0 saturated carbocycles. The first-order valence-electron chi connectivity index (χ1n) is 8.96. The van der Waals surface area contributed by atoms with Gasteiger partial charge in [-0.2, -0.15) is 0 Å². The minimum Gasteiger partial charge on any atom is -0.356 e. The Bertz CT molecular complexity index is 843. The molecule has 0 atom stereocenters. The number of nitrogens with zero attached hydrogens (tertiary/aromatic N) is 1. The molecule has 27 heavy (non-hydrogen) atoms. The number of rotatable bonds is 5. The quantitative estimate of drug-likeness (QED) is 0.632. The van der Waals surface area contributed by atoms with E-state index in [0.29, 0.717) is 30.8 Å². The number of anilines is 1. The van der Waals surface area contributed by atoms with Crippen LogP contribution in [0.2, 0.25) is 0 Å². The van der Waals surface area contributed by atoms with Gasteiger partial charge in [0, 0.05) is 35.8 Å². The molecule has 0 aliphatic heterocycles. The van der Waals surface area contributed by atoms with Crippen LogP contribution in [0.25, 0.3) is 0 Å². The maximum atomic E-state index is 12.1. The van der Waals surface area contributed by atoms with Crippen molar-refractivity contribution in [2.24, 2.45) is 5.41 Å². The van der Waals surface area contributed by atoms with E-state index in [2.05, 4.69) is 27.5 Å². The Hall–Kier alpha value is -3.13. The van der Waals surface area contributed by atoms with Gasteiger partial charge in [0.15, 0.2) is 0 Å². The fraction of sp³-hybridized carbons (Fsp3) is 0.318. The SMILES string of the molecule is CC(C)(C)C(=O)NCCCC(=O)Nc1cccc(C#Cc2ccccn2)c1. The van der Waals surface area contributed by atoms with E-state index in [1.54, 1.807) is 6.20 Å². The lowest BCUT2D eigenvalue weighted by Crippen LogP contribution is -2.35. The summed E-state index contributed by atoms with van der Waals surface area (Å²) in [6, 6.07) is 13.0. The maximum Gasteiger partial charge on any atom is 0.225 e. The van der Waals surface area contributed by atoms with Gasteiger partial charge in [-0.1, -0.05) is 38.8 Å². The van der Waals surface area contributed by atoms with Crippen molar-refractivity contribution in [3.8, 4) is 11.8 Å². The Balaban J connectivity index is 1.83. The zero-order valence-electron chi connectivity index (χ0n) is 16.0. The van der Waals surface area contributed by atoms with Crippen LogP contribution < -0.4 is 10.6 Å². The highest BCUT2D eigenvalue weighted by molar-refractivity contribution is 5.90. The second-order valence-electron chi connectivity index (χ2n) is 7.20. The van der Waals surface area contributed by atoms with Crippen LogP contribution in [0.1, 0.15) is 44.9 Å². The van der Waals surface area contributed by atoms with Crippen LogP contribution in [-0.4, -0.2) is 23.3 Å². The van der Waals surface area contributed by atoms with Crippen molar-refractivity contribution in [3.63, 3.8) is 0 Å². The van der Waals surface area contributed by atoms with Gasteiger partial charge < -0.3 is 10.6 Å². The normalized spacial score (nSPS) is 10.5. The fourth-order valence-corrected chi connectivity index (χ4v) is 2.19. The first-order valence-corrected chi connectivity index (χ1v) is 8.96. The van der Waals surface area contributed by atoms with E-state index in [0.717, 1.165) is 5.56 Å². The highest BCUT2D eigenvalue weighted by atomic mass is 16.2. The molecule has 0 aliphatic carbocycles. The lowest BCUT2D eigenvalue weighted by atomic mass is 9.96. The lowest BCUT2D eigenvalue weighted by molar-refractivity contribution is -0.128. The summed E-state index contributed by atoms with van der Waals surface area (Å²) >= 11 is 0. The standard InChI is InChI=1S/C22H25N3O2/c1-22(2,3)21(27)24-15-7-11-20(26)25-19-10-6-8-17(16-19)12-13-18-9-4-5-14-23-18/h4-6,8-10,14,16H,7,11,15H2,1-3H3,(H,24,27)(H,25,26). The van der Waals surface area contributed by atoms with Crippen molar-refractivity contribution in [1.82, 2.24) is 10.3 Å². The average Bonchev–Trinajstić information content (AvgIpc) is 2.64. The van der Waals surface area contributed by atoms with Crippen LogP contribution in [0, 0.1) is 17.3 Å². The second kappa shape index (κ2) is 9.54. The molecule has 0 bridgehead atoms. The van der Waals surface area contributed by atoms with Gasteiger partial charge in [-0.3, -0.25) is 9.59 Å². The topological polar surface area (TPSA) is 71.1 Å². The van der Waals surface area contributed by atoms with E-state index >= 15 is 0 Å². The van der Waals surface area contributed by atoms with Gasteiger partial charge in [-0.05, 0) is 42.7 Å². The molecule has 2 aromatic rings. The van der Waals surface area contributed by atoms with Crippen LogP contribution in [0.15, 0.2) is 48.7 Å². The lowest BCUT2D eigenvalue weighted by Gasteiger charge is -2.17. The van der Waals surface area contributed by atoms with Gasteiger partial charge in [-0.25, -0.2) is 4.98 Å². The molecule has 0 saturated heterocycles. The molecule has 5 nitrogen and oxygen atoms in total. The monoisotopic (exact) mass is 363 g/mol. The molecule has 1 aromatic heterocycles. The molecule has 2 N–H and O–H groups in total. The number of hydrogen-bond donors (Lipinski definition) is 2. The van der Waals surface area contributed by atoms with Gasteiger partial charge in [0.05, 0.1) is 0 Å². The van der Waals surface area contributed by atoms with E-state index in [1.807, 2.05) is 63.2 Å².